The van der Waals surface area contributed by atoms with Gasteiger partial charge in [-0.1, -0.05) is 19.1 Å². The third-order valence-corrected chi connectivity index (χ3v) is 8.10. The zero-order valence-corrected chi connectivity index (χ0v) is 18.9. The number of hydrogen-bond acceptors (Lipinski definition) is 6. The minimum absolute atomic E-state index is 0.102. The van der Waals surface area contributed by atoms with Crippen molar-refractivity contribution in [2.24, 2.45) is 11.8 Å². The summed E-state index contributed by atoms with van der Waals surface area (Å²) in [6.07, 6.45) is 2.38. The second kappa shape index (κ2) is 6.96. The van der Waals surface area contributed by atoms with Gasteiger partial charge in [-0.2, -0.15) is 0 Å². The SMILES string of the molecule is CCc1ccc2c(c1)[C@]1(C(=O)N2)[C@H]2C(=O)N(c3ccc([N+](=O)[O-])cc3C)C(=O)[C@@H]2[C@H]2CCCN21. The lowest BCUT2D eigenvalue weighted by Crippen LogP contribution is -2.54. The number of aryl methyl sites for hydroxylation is 2. The molecule has 4 aliphatic heterocycles. The molecule has 0 unspecified atom stereocenters. The molecule has 4 heterocycles. The fourth-order valence-corrected chi connectivity index (χ4v) is 6.71. The van der Waals surface area contributed by atoms with Crippen LogP contribution in [0.15, 0.2) is 36.4 Å². The summed E-state index contributed by atoms with van der Waals surface area (Å²) in [5, 5.41) is 14.2. The highest BCUT2D eigenvalue weighted by atomic mass is 16.6. The van der Waals surface area contributed by atoms with Crippen LogP contribution in [0.25, 0.3) is 0 Å². The minimum atomic E-state index is -1.22. The van der Waals surface area contributed by atoms with Crippen LogP contribution in [0.1, 0.15) is 36.5 Å². The van der Waals surface area contributed by atoms with Gasteiger partial charge < -0.3 is 5.32 Å². The monoisotopic (exact) mass is 460 g/mol. The van der Waals surface area contributed by atoms with Crippen LogP contribution in [0.3, 0.4) is 0 Å². The van der Waals surface area contributed by atoms with Crippen molar-refractivity contribution >= 4 is 34.8 Å². The van der Waals surface area contributed by atoms with Crippen molar-refractivity contribution in [1.29, 1.82) is 0 Å². The number of carbonyl (C=O) groups is 3. The third kappa shape index (κ3) is 2.39. The van der Waals surface area contributed by atoms with Gasteiger partial charge in [-0.25, -0.2) is 4.90 Å². The van der Waals surface area contributed by atoms with E-state index in [1.165, 1.54) is 23.1 Å². The number of hydrogen-bond donors (Lipinski definition) is 1. The largest absolute Gasteiger partial charge is 0.324 e. The lowest BCUT2D eigenvalue weighted by Gasteiger charge is -2.37. The molecular formula is C25H24N4O5. The zero-order chi connectivity index (χ0) is 23.9. The zero-order valence-electron chi connectivity index (χ0n) is 18.9. The molecule has 9 nitrogen and oxygen atoms in total. The van der Waals surface area contributed by atoms with Crippen LogP contribution in [-0.4, -0.2) is 40.1 Å². The molecule has 9 heteroatoms. The first kappa shape index (κ1) is 21.0. The van der Waals surface area contributed by atoms with E-state index < -0.39 is 28.2 Å². The first-order valence-electron chi connectivity index (χ1n) is 11.6. The van der Waals surface area contributed by atoms with Crippen LogP contribution in [0.2, 0.25) is 0 Å². The first-order valence-corrected chi connectivity index (χ1v) is 11.6. The van der Waals surface area contributed by atoms with Crippen molar-refractivity contribution in [2.75, 3.05) is 16.8 Å². The molecule has 2 aromatic rings. The second-order valence-corrected chi connectivity index (χ2v) is 9.60. The van der Waals surface area contributed by atoms with E-state index in [2.05, 4.69) is 10.2 Å². The third-order valence-electron chi connectivity index (χ3n) is 8.10. The van der Waals surface area contributed by atoms with E-state index in [0.717, 1.165) is 30.4 Å². The van der Waals surface area contributed by atoms with E-state index >= 15 is 0 Å². The van der Waals surface area contributed by atoms with Crippen molar-refractivity contribution in [2.45, 2.75) is 44.7 Å². The summed E-state index contributed by atoms with van der Waals surface area (Å²) >= 11 is 0. The van der Waals surface area contributed by atoms with Gasteiger partial charge in [0.2, 0.25) is 17.7 Å². The summed E-state index contributed by atoms with van der Waals surface area (Å²) in [5.74, 6) is -2.46. The summed E-state index contributed by atoms with van der Waals surface area (Å²) in [6.45, 7) is 4.34. The van der Waals surface area contributed by atoms with Crippen molar-refractivity contribution in [1.82, 2.24) is 4.90 Å². The molecule has 3 saturated heterocycles. The molecule has 3 fully saturated rings. The molecule has 4 aliphatic rings. The van der Waals surface area contributed by atoms with Gasteiger partial charge in [0.1, 0.15) is 5.54 Å². The van der Waals surface area contributed by atoms with Crippen molar-refractivity contribution in [3.63, 3.8) is 0 Å². The highest BCUT2D eigenvalue weighted by Crippen LogP contribution is 2.60. The van der Waals surface area contributed by atoms with Crippen LogP contribution in [0, 0.1) is 28.9 Å². The molecule has 3 amide bonds. The van der Waals surface area contributed by atoms with Gasteiger partial charge in [0.15, 0.2) is 0 Å². The van der Waals surface area contributed by atoms with Gasteiger partial charge in [0.05, 0.1) is 22.4 Å². The molecule has 1 spiro atoms. The highest BCUT2D eigenvalue weighted by Gasteiger charge is 2.74. The predicted octanol–water partition coefficient (Wildman–Crippen LogP) is 2.90. The van der Waals surface area contributed by atoms with Crippen molar-refractivity contribution in [3.05, 3.63) is 63.2 Å². The normalized spacial score (nSPS) is 29.5. The topological polar surface area (TPSA) is 113 Å². The summed E-state index contributed by atoms with van der Waals surface area (Å²) in [4.78, 5) is 55.5. The fourth-order valence-electron chi connectivity index (χ4n) is 6.71. The molecule has 4 atom stereocenters. The molecule has 0 radical (unpaired) electrons. The van der Waals surface area contributed by atoms with Gasteiger partial charge in [-0.05, 0) is 56.0 Å². The number of amides is 3. The van der Waals surface area contributed by atoms with E-state index in [9.17, 15) is 24.5 Å². The van der Waals surface area contributed by atoms with E-state index in [0.29, 0.717) is 23.5 Å². The molecule has 1 N–H and O–H groups in total. The number of nitro benzene ring substituents is 1. The number of nitrogens with zero attached hydrogens (tertiary/aromatic N) is 3. The molecule has 34 heavy (non-hydrogen) atoms. The number of nitro groups is 1. The quantitative estimate of drug-likeness (QED) is 0.428. The highest BCUT2D eigenvalue weighted by molar-refractivity contribution is 6.26. The Morgan fingerprint density at radius 2 is 1.94 bits per heavy atom. The Bertz CT molecular complexity index is 1310. The summed E-state index contributed by atoms with van der Waals surface area (Å²) < 4.78 is 0. The Balaban J connectivity index is 1.53. The lowest BCUT2D eigenvalue weighted by molar-refractivity contribution is -0.384. The van der Waals surface area contributed by atoms with Gasteiger partial charge in [0.25, 0.3) is 5.69 Å². The average molecular weight is 460 g/mol. The summed E-state index contributed by atoms with van der Waals surface area (Å²) in [5.41, 5.74) is 2.03. The number of non-ortho nitro benzene ring substituents is 1. The number of imide groups is 1. The molecule has 0 saturated carbocycles. The number of benzene rings is 2. The maximum Gasteiger partial charge on any atom is 0.269 e. The molecule has 0 aliphatic carbocycles. The predicted molar refractivity (Wildman–Crippen MR) is 123 cm³/mol. The van der Waals surface area contributed by atoms with Crippen LogP contribution >= 0.6 is 0 Å². The van der Waals surface area contributed by atoms with Gasteiger partial charge in [-0.3, -0.25) is 29.4 Å². The first-order chi connectivity index (χ1) is 16.3. The van der Waals surface area contributed by atoms with Gasteiger partial charge in [0, 0.05) is 29.4 Å². The minimum Gasteiger partial charge on any atom is -0.324 e. The fraction of sp³-hybridized carbons (Fsp3) is 0.400. The maximum absolute atomic E-state index is 14.0. The Hall–Kier alpha value is -3.59. The summed E-state index contributed by atoms with van der Waals surface area (Å²) in [7, 11) is 0. The molecule has 6 rings (SSSR count). The maximum atomic E-state index is 14.0. The van der Waals surface area contributed by atoms with Crippen LogP contribution in [0.4, 0.5) is 17.1 Å². The molecule has 0 aromatic heterocycles. The molecule has 2 aromatic carbocycles. The Morgan fingerprint density at radius 3 is 2.65 bits per heavy atom. The Kier molecular flexibility index (Phi) is 4.29. The standard InChI is InChI=1S/C25H24N4O5/c1-3-14-6-8-17-16(12-14)25(24(32)26-17)21-20(19-5-4-10-27(19)25)22(30)28(23(21)31)18-9-7-15(29(33)34)11-13(18)2/h6-9,11-12,19-21H,3-5,10H2,1-2H3,(H,26,32)/t19-,20-,21-,25-/m1/s1. The molecule has 174 valence electrons. The lowest BCUT2D eigenvalue weighted by atomic mass is 9.75. The van der Waals surface area contributed by atoms with Gasteiger partial charge in [-0.15, -0.1) is 0 Å². The van der Waals surface area contributed by atoms with E-state index in [1.54, 1.807) is 6.92 Å². The van der Waals surface area contributed by atoms with Crippen LogP contribution in [0.5, 0.6) is 0 Å². The number of anilines is 2. The molecule has 0 bridgehead atoms. The van der Waals surface area contributed by atoms with Crippen LogP contribution < -0.4 is 10.2 Å². The summed E-state index contributed by atoms with van der Waals surface area (Å²) in [6, 6.07) is 9.79. The van der Waals surface area contributed by atoms with Crippen molar-refractivity contribution < 1.29 is 19.3 Å². The van der Waals surface area contributed by atoms with E-state index in [1.807, 2.05) is 25.1 Å². The van der Waals surface area contributed by atoms with Gasteiger partial charge >= 0.3 is 0 Å². The number of fused-ring (bicyclic) bond motifs is 7. The van der Waals surface area contributed by atoms with E-state index in [-0.39, 0.29) is 23.5 Å². The van der Waals surface area contributed by atoms with Crippen molar-refractivity contribution in [3.8, 4) is 0 Å². The number of nitrogens with one attached hydrogen (secondary N) is 1. The molecular weight excluding hydrogens is 436 g/mol. The average Bonchev–Trinajstić information content (AvgIpc) is 3.52. The van der Waals surface area contributed by atoms with E-state index in [4.69, 9.17) is 0 Å². The smallest absolute Gasteiger partial charge is 0.269 e. The second-order valence-electron chi connectivity index (χ2n) is 9.60. The number of rotatable bonds is 3. The van der Waals surface area contributed by atoms with Crippen LogP contribution in [-0.2, 0) is 26.3 Å². The Labute approximate surface area is 195 Å². The Morgan fingerprint density at radius 1 is 1.15 bits per heavy atom. The number of carbonyl (C=O) groups excluding carboxylic acids is 3.